The minimum absolute atomic E-state index is 0.878. The van der Waals surface area contributed by atoms with Crippen LogP contribution in [0.4, 0.5) is 0 Å². The predicted octanol–water partition coefficient (Wildman–Crippen LogP) is -22.7. The van der Waals surface area contributed by atoms with Gasteiger partial charge in [0, 0.05) is 6.92 Å². The molecule has 0 spiro atoms. The van der Waals surface area contributed by atoms with Crippen LogP contribution in [0, 0.1) is 0 Å². The molecule has 32 N–H and O–H groups in total. The summed E-state index contributed by atoms with van der Waals surface area (Å²) in [4.78, 5) is 12.4. The van der Waals surface area contributed by atoms with Crippen LogP contribution >= 0.6 is 0 Å². The van der Waals surface area contributed by atoms with Gasteiger partial charge in [-0.05, 0) is 0 Å². The van der Waals surface area contributed by atoms with Gasteiger partial charge in [0.1, 0.15) is 244 Å². The minimum Gasteiger partial charge on any atom is -0.394 e. The summed E-state index contributed by atoms with van der Waals surface area (Å²) in [6.45, 7) is -10.2. The first-order valence-corrected chi connectivity index (χ1v) is 36.2. The molecule has 10 aliphatic rings. The number of ether oxygens (including phenoxy) is 19. The van der Waals surface area contributed by atoms with Crippen molar-refractivity contribution in [3.8, 4) is 0 Å². The van der Waals surface area contributed by atoms with E-state index < -0.39 is 379 Å². The Kier molecular flexibility index (Phi) is 33.4. The highest BCUT2D eigenvalue weighted by atomic mass is 16.8. The maximum Gasteiger partial charge on any atom is 0.217 e. The van der Waals surface area contributed by atoms with Crippen molar-refractivity contribution in [3.05, 3.63) is 0 Å². The third-order valence-corrected chi connectivity index (χ3v) is 21.3. The van der Waals surface area contributed by atoms with E-state index in [0.717, 1.165) is 6.92 Å². The summed E-state index contributed by atoms with van der Waals surface area (Å²) < 4.78 is 110. The molecule has 0 aromatic heterocycles. The molecule has 10 aliphatic heterocycles. The second-order valence-corrected chi connectivity index (χ2v) is 28.8. The summed E-state index contributed by atoms with van der Waals surface area (Å²) in [6, 6.07) is -1.81. The monoisotopic (exact) mass is 1680 g/mol. The van der Waals surface area contributed by atoms with Crippen LogP contribution in [0.1, 0.15) is 6.92 Å². The number of hydrogen-bond acceptors (Lipinski definition) is 51. The number of rotatable bonds is 29. The molecule has 52 heteroatoms. The van der Waals surface area contributed by atoms with Gasteiger partial charge in [-0.2, -0.15) is 0 Å². The van der Waals surface area contributed by atoms with Crippen molar-refractivity contribution < 1.29 is 253 Å². The molecule has 10 rings (SSSR count). The maximum absolute atomic E-state index is 12.6. The van der Waals surface area contributed by atoms with E-state index in [4.69, 9.17) is 90.0 Å². The van der Waals surface area contributed by atoms with Crippen molar-refractivity contribution in [2.45, 2.75) is 314 Å². The Balaban J connectivity index is 0.963. The van der Waals surface area contributed by atoms with Crippen molar-refractivity contribution in [1.82, 2.24) is 5.32 Å². The smallest absolute Gasteiger partial charge is 0.217 e. The van der Waals surface area contributed by atoms with Crippen molar-refractivity contribution >= 4 is 5.91 Å². The minimum atomic E-state index is -2.57. The van der Waals surface area contributed by atoms with Crippen LogP contribution in [0.15, 0.2) is 0 Å². The first-order chi connectivity index (χ1) is 54.0. The molecule has 0 radical (unpaired) electrons. The maximum atomic E-state index is 12.6. The Morgan fingerprint density at radius 2 is 0.465 bits per heavy atom. The van der Waals surface area contributed by atoms with E-state index in [1.807, 2.05) is 0 Å². The summed E-state index contributed by atoms with van der Waals surface area (Å²) in [5.74, 6) is -0.878. The number of carbonyl (C=O) groups is 1. The Morgan fingerprint density at radius 3 is 0.816 bits per heavy atom. The zero-order valence-electron chi connectivity index (χ0n) is 60.0. The van der Waals surface area contributed by atoms with Crippen molar-refractivity contribution in [1.29, 1.82) is 0 Å². The fourth-order valence-electron chi connectivity index (χ4n) is 14.6. The molecule has 0 aromatic carbocycles. The molecule has 0 aromatic rings. The van der Waals surface area contributed by atoms with E-state index in [9.17, 15) is 163 Å². The molecule has 1 unspecified atom stereocenters. The van der Waals surface area contributed by atoms with E-state index in [-0.39, 0.29) is 0 Å². The second-order valence-electron chi connectivity index (χ2n) is 28.8. The lowest BCUT2D eigenvalue weighted by Crippen LogP contribution is -2.69. The van der Waals surface area contributed by atoms with Crippen molar-refractivity contribution in [2.24, 2.45) is 0 Å². The molecule has 10 fully saturated rings. The molecular weight excluding hydrogens is 1570 g/mol. The van der Waals surface area contributed by atoms with E-state index in [2.05, 4.69) is 5.32 Å². The Bertz CT molecular complexity index is 2920. The average molecular weight is 1680 g/mol. The van der Waals surface area contributed by atoms with Crippen LogP contribution in [0.3, 0.4) is 0 Å². The molecule has 1 amide bonds. The molecule has 10 heterocycles. The van der Waals surface area contributed by atoms with Crippen LogP contribution in [0.5, 0.6) is 0 Å². The van der Waals surface area contributed by atoms with Gasteiger partial charge in [-0.25, -0.2) is 0 Å². The second kappa shape index (κ2) is 40.6. The summed E-state index contributed by atoms with van der Waals surface area (Å²) in [7, 11) is 0. The highest BCUT2D eigenvalue weighted by Gasteiger charge is 2.61. The molecule has 52 nitrogen and oxygen atoms in total. The quantitative estimate of drug-likeness (QED) is 0.0331. The van der Waals surface area contributed by atoms with Crippen LogP contribution in [0.2, 0.25) is 0 Å². The molecule has 0 bridgehead atoms. The van der Waals surface area contributed by atoms with E-state index >= 15 is 0 Å². The normalized spacial score (nSPS) is 52.6. The van der Waals surface area contributed by atoms with Gasteiger partial charge in [0.2, 0.25) is 5.91 Å². The zero-order valence-corrected chi connectivity index (χ0v) is 60.0. The van der Waals surface area contributed by atoms with Gasteiger partial charge >= 0.3 is 0 Å². The van der Waals surface area contributed by atoms with Gasteiger partial charge in [-0.3, -0.25) is 4.79 Å². The number of amides is 1. The van der Waals surface area contributed by atoms with Gasteiger partial charge < -0.3 is 254 Å². The molecule has 50 atom stereocenters. The lowest BCUT2D eigenvalue weighted by Gasteiger charge is -2.50. The predicted molar refractivity (Wildman–Crippen MR) is 341 cm³/mol. The fourth-order valence-corrected chi connectivity index (χ4v) is 14.6. The Labute approximate surface area is 642 Å². The first kappa shape index (κ1) is 93.7. The van der Waals surface area contributed by atoms with Gasteiger partial charge in [0.25, 0.3) is 0 Å². The highest BCUT2D eigenvalue weighted by Crippen LogP contribution is 2.40. The summed E-state index contributed by atoms with van der Waals surface area (Å²) in [5, 5.41) is 343. The first-order valence-electron chi connectivity index (χ1n) is 36.2. The van der Waals surface area contributed by atoms with Gasteiger partial charge in [-0.1, -0.05) is 0 Å². The number of aliphatic hydroxyl groups excluding tert-OH is 31. The largest absolute Gasteiger partial charge is 0.394 e. The number of nitrogens with one attached hydrogen (secondary N) is 1. The van der Waals surface area contributed by atoms with Crippen molar-refractivity contribution in [3.63, 3.8) is 0 Å². The number of aliphatic hydroxyl groups is 31. The van der Waals surface area contributed by atoms with Crippen LogP contribution in [-0.2, 0) is 94.8 Å². The molecular formula is C62H105NO51. The van der Waals surface area contributed by atoms with E-state index in [1.54, 1.807) is 0 Å². The van der Waals surface area contributed by atoms with Gasteiger partial charge in [0.05, 0.1) is 66.1 Å². The lowest BCUT2D eigenvalue weighted by atomic mass is 9.94. The van der Waals surface area contributed by atoms with Gasteiger partial charge in [0.15, 0.2) is 62.9 Å². The van der Waals surface area contributed by atoms with Crippen LogP contribution < -0.4 is 5.32 Å². The Morgan fingerprint density at radius 1 is 0.228 bits per heavy atom. The summed E-state index contributed by atoms with van der Waals surface area (Å²) in [5.41, 5.74) is 0. The highest BCUT2D eigenvalue weighted by molar-refractivity contribution is 5.73. The molecule has 0 aliphatic carbocycles. The van der Waals surface area contributed by atoms with E-state index in [1.165, 1.54) is 0 Å². The molecule has 114 heavy (non-hydrogen) atoms. The topological polar surface area (TPSA) is 832 Å². The lowest BCUT2D eigenvalue weighted by molar-refractivity contribution is -0.410. The zero-order chi connectivity index (χ0) is 83.7. The fraction of sp³-hybridized carbons (Fsp3) is 0.984. The SMILES string of the molecule is CC(=O)N[C@H]1C(O)O[C@H](CO)[C@@H](O[C@@H]2O[C@H](CO[C@H]3O[C@H](CO[C@H]4O[C@H](CO)[C@@H](O)[C@H](O)[C@@H]4O[C@H]4O[C@H](CO)[C@@H](O)[C@H](O)[C@@H]4O)[C@@H](O)[C@H](O[C@H]4O[C@H](CO)[C@@H](O)[C@H](O)[C@@H]4O)[C@@H]3O)[C@@H](O)[C@H](O[C@H]3O[C@H](CO)[C@@H](O)[C@H](O)[C@@H]3O[C@H]3O[C@H](CO)[C@@H](O)[C@H](O)[C@@H]3O[C@H]3O[C@H](CO)[C@@H](O)[C@H](O[C@@H]4O[C@H](CO)[C@@H](O)[C@H](O)[C@H]4O)[C@@H]3O)[C@@H]2O)[C@@H]1O. The molecule has 10 saturated heterocycles. The number of carbonyl (C=O) groups excluding carboxylic acids is 1. The van der Waals surface area contributed by atoms with E-state index in [0.29, 0.717) is 0 Å². The summed E-state index contributed by atoms with van der Waals surface area (Å²) >= 11 is 0. The third kappa shape index (κ3) is 19.7. The molecule has 0 saturated carbocycles. The third-order valence-electron chi connectivity index (χ3n) is 21.3. The average Bonchev–Trinajstić information content (AvgIpc) is 0.771. The van der Waals surface area contributed by atoms with Gasteiger partial charge in [-0.15, -0.1) is 0 Å². The molecule has 664 valence electrons. The van der Waals surface area contributed by atoms with Crippen LogP contribution in [-0.4, -0.2) is 537 Å². The Hall–Kier alpha value is -2.53. The number of hydrogen-bond donors (Lipinski definition) is 32. The van der Waals surface area contributed by atoms with Crippen LogP contribution in [0.25, 0.3) is 0 Å². The summed E-state index contributed by atoms with van der Waals surface area (Å²) in [6.07, 6.45) is -106. The van der Waals surface area contributed by atoms with Crippen molar-refractivity contribution in [2.75, 3.05) is 66.1 Å². The standard InChI is InChI=1S/C62H105NO51/c1-12(72)63-23-33(82)46(20(9-71)98-53(23)95)108-59-45(94)49(111-61-52(39(88)29(78)17(6-68)104-61)114-62-51(38(87)28(77)18(7-69)105-62)113-58-44(93)47(30(79)19(8-70)102-58)109-55-40(89)34(83)24(73)13(2-64)99-55)32(81)22(107-59)10-96-54-43(92)48(110-56-41(90)35(84)25(74)14(3-65)100-56)31(80)21(106-54)11-97-60-50(37(86)27(76)16(5-67)103-60)112-57-42(91)36(85)26(75)15(4-66)101-57/h13-62,64-71,73-95H,2-11H2,1H3,(H,63,72)/t13-,14-,15-,16-,17-,18-,19-,20-,21-,22-,23-,24-,25-,26-,27-,28-,29-,30-,31-,32-,33-,34+,35+,36+,37+,38+,39+,40-,41+,42+,43+,44+,45+,46-,47+,48+,49+,50+,51+,52+,53?,54+,55+,56-,57-,58-,59+,60+,61-,62-/m1/s1.